The standard InChI is InChI=1S/2C19H30O6SSi.C17H34O5Si.C12H24O4Si/c2*1-14-7-9-17(10-8-14)26(21,22)23-13-16-11-15(12-18(20)24-16)25-27(5,6)19(2,3)4;1-9-19-15(18)11-13(22-23(7,8)16(2,3)4)10-14-12-20-17(5,6)21-14;1-12(2,3)17(4,5)16-9-6-10(8-13)15-11(14)7-9/h2*7-10,15-16H,11-13H2,1-6H3;13-14H,9-12H2,1-8H3;9-10,13H,6-8H2,1-5H3/t15?,16-;15-,16-;13?,14-;9?,10-/m0000/s1. The lowest BCUT2D eigenvalue weighted by Crippen LogP contribution is -2.47. The number of esters is 4. The molecule has 2 aromatic rings. The summed E-state index contributed by atoms with van der Waals surface area (Å²) in [5.41, 5.74) is 1.92. The van der Waals surface area contributed by atoms with Crippen molar-refractivity contribution < 1.29 is 95.6 Å². The fourth-order valence-corrected chi connectivity index (χ4v) is 16.5. The van der Waals surface area contributed by atoms with Crippen molar-refractivity contribution >= 4 is 77.4 Å². The van der Waals surface area contributed by atoms with Crippen LogP contribution in [-0.4, -0.2) is 167 Å². The summed E-state index contributed by atoms with van der Waals surface area (Å²) in [6.45, 7) is 52.9. The van der Waals surface area contributed by atoms with E-state index in [0.29, 0.717) is 45.3 Å². The molecule has 0 spiro atoms. The molecule has 6 rings (SSSR count). The molecule has 4 fully saturated rings. The molecule has 0 saturated carbocycles. The highest BCUT2D eigenvalue weighted by Gasteiger charge is 2.46. The fourth-order valence-electron chi connectivity index (χ4n) is 9.12. The maximum absolute atomic E-state index is 12.3. The smallest absolute Gasteiger partial charge is 0.308 e. The molecule has 2 aromatic carbocycles. The van der Waals surface area contributed by atoms with Gasteiger partial charge in [0, 0.05) is 25.7 Å². The van der Waals surface area contributed by atoms with Gasteiger partial charge in [-0.25, -0.2) is 0 Å². The summed E-state index contributed by atoms with van der Waals surface area (Å²) in [6.07, 6.45) is 0.498. The second kappa shape index (κ2) is 34.2. The van der Waals surface area contributed by atoms with E-state index in [9.17, 15) is 36.0 Å². The summed E-state index contributed by atoms with van der Waals surface area (Å²) in [7, 11) is -15.7. The zero-order valence-corrected chi connectivity index (χ0v) is 67.0. The molecule has 4 aliphatic rings. The van der Waals surface area contributed by atoms with Crippen molar-refractivity contribution in [2.45, 2.75) is 306 Å². The van der Waals surface area contributed by atoms with Crippen LogP contribution in [0.15, 0.2) is 58.3 Å². The number of hydrogen-bond acceptors (Lipinski definition) is 21. The van der Waals surface area contributed by atoms with Crippen LogP contribution in [0.3, 0.4) is 0 Å². The summed E-state index contributed by atoms with van der Waals surface area (Å²) in [5.74, 6) is -1.80. The van der Waals surface area contributed by atoms with E-state index in [2.05, 4.69) is 135 Å². The van der Waals surface area contributed by atoms with Gasteiger partial charge in [0.15, 0.2) is 39.1 Å². The third-order valence-corrected chi connectivity index (χ3v) is 39.4. The first-order valence-electron chi connectivity index (χ1n) is 32.9. The lowest BCUT2D eigenvalue weighted by atomic mass is 10.1. The number of hydrogen-bond donors (Lipinski definition) is 1. The first kappa shape index (κ1) is 85.0. The van der Waals surface area contributed by atoms with Crippen molar-refractivity contribution in [3.63, 3.8) is 0 Å². The van der Waals surface area contributed by atoms with E-state index in [-0.39, 0.29) is 123 Å². The second-order valence-electron chi connectivity index (χ2n) is 31.6. The van der Waals surface area contributed by atoms with Crippen LogP contribution in [0.2, 0.25) is 72.5 Å². The van der Waals surface area contributed by atoms with Crippen LogP contribution in [0.25, 0.3) is 0 Å². The molecular weight excluding hydrogens is 1320 g/mol. The Morgan fingerprint density at radius 2 is 0.883 bits per heavy atom. The number of ether oxygens (including phenoxy) is 6. The van der Waals surface area contributed by atoms with E-state index >= 15 is 0 Å². The van der Waals surface area contributed by atoms with Crippen molar-refractivity contribution in [3.05, 3.63) is 59.7 Å². The van der Waals surface area contributed by atoms with Gasteiger partial charge < -0.3 is 51.2 Å². The summed E-state index contributed by atoms with van der Waals surface area (Å²) in [6, 6.07) is 12.8. The molecule has 4 heterocycles. The zero-order valence-electron chi connectivity index (χ0n) is 61.4. The summed E-state index contributed by atoms with van der Waals surface area (Å²) >= 11 is 0. The maximum atomic E-state index is 12.3. The highest BCUT2D eigenvalue weighted by molar-refractivity contribution is 7.87. The second-order valence-corrected chi connectivity index (χ2v) is 53.9. The van der Waals surface area contributed by atoms with Gasteiger partial charge in [-0.1, -0.05) is 118 Å². The Balaban J connectivity index is 0.000000331. The molecule has 4 aliphatic heterocycles. The highest BCUT2D eigenvalue weighted by Crippen LogP contribution is 2.43. The van der Waals surface area contributed by atoms with Gasteiger partial charge in [-0.15, -0.1) is 0 Å². The molecule has 27 heteroatoms. The number of benzene rings is 2. The summed E-state index contributed by atoms with van der Waals surface area (Å²) in [4.78, 5) is 47.4. The number of aryl methyl sites for hydroxylation is 2. The molecule has 540 valence electrons. The molecule has 4 saturated heterocycles. The average molecular weight is 1440 g/mol. The maximum Gasteiger partial charge on any atom is 0.308 e. The quantitative estimate of drug-likeness (QED) is 0.0497. The molecule has 94 heavy (non-hydrogen) atoms. The van der Waals surface area contributed by atoms with E-state index in [1.165, 1.54) is 24.3 Å². The monoisotopic (exact) mass is 1430 g/mol. The lowest BCUT2D eigenvalue weighted by molar-refractivity contribution is -0.162. The first-order chi connectivity index (χ1) is 42.6. The third-order valence-electron chi connectivity index (χ3n) is 18.7. The van der Waals surface area contributed by atoms with Gasteiger partial charge in [0.25, 0.3) is 20.2 Å². The number of carbonyl (C=O) groups excluding carboxylic acids is 4. The Hall–Kier alpha value is -3.27. The van der Waals surface area contributed by atoms with Crippen molar-refractivity contribution in [1.82, 2.24) is 0 Å². The van der Waals surface area contributed by atoms with E-state index in [1.807, 2.05) is 34.6 Å². The minimum absolute atomic E-state index is 0.0229. The van der Waals surface area contributed by atoms with Crippen molar-refractivity contribution in [1.29, 1.82) is 0 Å². The van der Waals surface area contributed by atoms with Gasteiger partial charge in [0.05, 0.1) is 85.8 Å². The summed E-state index contributed by atoms with van der Waals surface area (Å²) < 4.78 is 117. The van der Waals surface area contributed by atoms with Crippen LogP contribution in [-0.2, 0) is 93.9 Å². The Kier molecular flexibility index (Phi) is 30.9. The van der Waals surface area contributed by atoms with Gasteiger partial charge >= 0.3 is 23.9 Å². The molecule has 0 amide bonds. The van der Waals surface area contributed by atoms with Crippen LogP contribution in [0, 0.1) is 13.8 Å². The Bertz CT molecular complexity index is 2850. The minimum Gasteiger partial charge on any atom is -0.466 e. The fraction of sp³-hybridized carbons (Fsp3) is 0.761. The number of aliphatic hydroxyl groups excluding tert-OH is 1. The van der Waals surface area contributed by atoms with Crippen molar-refractivity contribution in [2.24, 2.45) is 0 Å². The summed E-state index contributed by atoms with van der Waals surface area (Å²) in [5, 5.41) is 9.33. The molecule has 0 aliphatic carbocycles. The largest absolute Gasteiger partial charge is 0.466 e. The molecule has 0 radical (unpaired) electrons. The number of carbonyl (C=O) groups is 4. The molecule has 0 bridgehead atoms. The van der Waals surface area contributed by atoms with Gasteiger partial charge in [0.2, 0.25) is 0 Å². The van der Waals surface area contributed by atoms with E-state index in [4.69, 9.17) is 59.6 Å². The Morgan fingerprint density at radius 1 is 0.553 bits per heavy atom. The van der Waals surface area contributed by atoms with Gasteiger partial charge in [-0.3, -0.25) is 27.5 Å². The normalized spacial score (nSPS) is 23.0. The molecule has 21 nitrogen and oxygen atoms in total. The number of rotatable bonds is 22. The van der Waals surface area contributed by atoms with Crippen LogP contribution < -0.4 is 0 Å². The molecule has 1 N–H and O–H groups in total. The van der Waals surface area contributed by atoms with Crippen molar-refractivity contribution in [3.8, 4) is 0 Å². The van der Waals surface area contributed by atoms with Gasteiger partial charge in [-0.05, 0) is 131 Å². The lowest BCUT2D eigenvalue weighted by Gasteiger charge is -2.41. The predicted molar refractivity (Wildman–Crippen MR) is 372 cm³/mol. The molecule has 0 aromatic heterocycles. The SMILES string of the molecule is CC(C)(C)[Si](C)(C)OC1CC(=O)O[C@H](CO)C1.CCOC(=O)CC(C[C@H]1COC(C)(C)O1)O[Si](C)(C)C(C)(C)C.Cc1ccc(S(=O)(=O)OC[C@@H]2CC(O[Si](C)(C)C(C)(C)C)CC(=O)O2)cc1.Cc1ccc(S(=O)(=O)OC[C@@H]2C[C@H](O[Si](C)(C)C(C)(C)C)CC(=O)O2)cc1. The van der Waals surface area contributed by atoms with Gasteiger partial charge in [0.1, 0.15) is 31.5 Å². The van der Waals surface area contributed by atoms with Crippen LogP contribution >= 0.6 is 0 Å². The van der Waals surface area contributed by atoms with Crippen molar-refractivity contribution in [2.75, 3.05) is 33.0 Å². The molecular formula is C67H118O21S2Si4. The number of aliphatic hydroxyl groups is 1. The third kappa shape index (κ3) is 27.8. The topological polar surface area (TPSA) is 268 Å². The van der Waals surface area contributed by atoms with E-state index in [0.717, 1.165) is 11.1 Å². The van der Waals surface area contributed by atoms with E-state index < -0.39 is 77.6 Å². The van der Waals surface area contributed by atoms with E-state index in [1.54, 1.807) is 24.3 Å². The molecule has 3 unspecified atom stereocenters. The highest BCUT2D eigenvalue weighted by atomic mass is 32.2. The molecule has 8 atom stereocenters. The van der Waals surface area contributed by atoms with Crippen LogP contribution in [0.4, 0.5) is 0 Å². The zero-order chi connectivity index (χ0) is 72.1. The van der Waals surface area contributed by atoms with Crippen LogP contribution in [0.5, 0.6) is 0 Å². The Morgan fingerprint density at radius 3 is 1.18 bits per heavy atom. The van der Waals surface area contributed by atoms with Crippen LogP contribution in [0.1, 0.15) is 166 Å². The number of cyclic esters (lactones) is 3. The minimum atomic E-state index is -3.89. The average Bonchev–Trinajstić information content (AvgIpc) is 0.894. The Labute approximate surface area is 568 Å². The first-order valence-corrected chi connectivity index (χ1v) is 47.4. The predicted octanol–water partition coefficient (Wildman–Crippen LogP) is 13.5. The van der Waals surface area contributed by atoms with Gasteiger partial charge in [-0.2, -0.15) is 16.8 Å².